The van der Waals surface area contributed by atoms with Crippen LogP contribution in [-0.2, 0) is 15.0 Å². The number of unbranched alkanes of at least 4 members (excludes halogenated alkanes) is 8. The maximum atomic E-state index is 13.0. The fourth-order valence-electron chi connectivity index (χ4n) is 5.06. The highest BCUT2D eigenvalue weighted by Gasteiger charge is 2.26. The molecule has 0 saturated heterocycles. The lowest BCUT2D eigenvalue weighted by molar-refractivity contribution is -0.135. The molecule has 0 aromatic heterocycles. The molecule has 0 radical (unpaired) electrons. The Balaban J connectivity index is 2.03. The number of rotatable bonds is 14. The van der Waals surface area contributed by atoms with Gasteiger partial charge in [-0.15, -0.1) is 0 Å². The lowest BCUT2D eigenvalue weighted by Crippen LogP contribution is -2.15. The molecule has 0 atom stereocenters. The molecule has 0 N–H and O–H groups in total. The molecular formula is C34H46O4. The van der Waals surface area contributed by atoms with Crippen LogP contribution in [0.15, 0.2) is 42.5 Å². The monoisotopic (exact) mass is 518 g/mol. The van der Waals surface area contributed by atoms with Gasteiger partial charge in [-0.25, -0.2) is 0 Å². The molecule has 3 rings (SSSR count). The molecule has 0 aliphatic heterocycles. The largest absolute Gasteiger partial charge is 0.425 e. The van der Waals surface area contributed by atoms with Crippen LogP contribution < -0.4 is 9.47 Å². The minimum Gasteiger partial charge on any atom is -0.425 e. The highest BCUT2D eigenvalue weighted by molar-refractivity contribution is 6.14. The average molecular weight is 519 g/mol. The van der Waals surface area contributed by atoms with Gasteiger partial charge in [-0.1, -0.05) is 128 Å². The molecule has 0 heterocycles. The van der Waals surface area contributed by atoms with Crippen LogP contribution in [0.3, 0.4) is 0 Å². The van der Waals surface area contributed by atoms with Gasteiger partial charge in [-0.05, 0) is 23.8 Å². The van der Waals surface area contributed by atoms with Crippen LogP contribution in [0, 0.1) is 0 Å². The van der Waals surface area contributed by atoms with Crippen molar-refractivity contribution in [2.24, 2.45) is 0 Å². The molecule has 0 aliphatic carbocycles. The van der Waals surface area contributed by atoms with Crippen LogP contribution in [0.4, 0.5) is 0 Å². The molecule has 0 bridgehead atoms. The Labute approximate surface area is 229 Å². The summed E-state index contributed by atoms with van der Waals surface area (Å²) in [7, 11) is 0. The molecule has 38 heavy (non-hydrogen) atoms. The average Bonchev–Trinajstić information content (AvgIpc) is 2.89. The molecule has 0 spiro atoms. The molecule has 0 fully saturated rings. The van der Waals surface area contributed by atoms with Gasteiger partial charge >= 0.3 is 11.9 Å². The van der Waals surface area contributed by atoms with Crippen LogP contribution in [0.2, 0.25) is 0 Å². The predicted molar refractivity (Wildman–Crippen MR) is 158 cm³/mol. The standard InChI is InChI=1S/C34H46O4/c1-6-8-10-12-14-23-29(35)37-32-25-19-16-17-20-26(25)33(38-30(36)24-15-13-11-9-7-2)31-27(32)21-18-22-28(31)34(3,4)5/h16-22H,6-15,23-24H2,1-5H3. The summed E-state index contributed by atoms with van der Waals surface area (Å²) in [6, 6.07) is 13.8. The quantitative estimate of drug-likeness (QED) is 0.0922. The fraction of sp³-hybridized carbons (Fsp3) is 0.529. The topological polar surface area (TPSA) is 52.6 Å². The molecule has 0 saturated carbocycles. The van der Waals surface area contributed by atoms with Crippen molar-refractivity contribution in [2.75, 3.05) is 0 Å². The number of hydrogen-bond acceptors (Lipinski definition) is 4. The number of hydrogen-bond donors (Lipinski definition) is 0. The SMILES string of the molecule is CCCCCCCC(=O)Oc1c2ccccc2c(OC(=O)CCCCCCC)c2c(C(C)(C)C)cccc12. The third-order valence-electron chi connectivity index (χ3n) is 7.16. The number of fused-ring (bicyclic) bond motifs is 2. The van der Waals surface area contributed by atoms with E-state index in [1.165, 1.54) is 25.7 Å². The van der Waals surface area contributed by atoms with Crippen LogP contribution >= 0.6 is 0 Å². The Morgan fingerprint density at radius 2 is 1.08 bits per heavy atom. The Kier molecular flexibility index (Phi) is 11.2. The van der Waals surface area contributed by atoms with Gasteiger partial charge in [0.2, 0.25) is 0 Å². The summed E-state index contributed by atoms with van der Waals surface area (Å²) >= 11 is 0. The van der Waals surface area contributed by atoms with Gasteiger partial charge in [-0.2, -0.15) is 0 Å². The Hall–Kier alpha value is -2.88. The van der Waals surface area contributed by atoms with Gasteiger partial charge in [-0.3, -0.25) is 9.59 Å². The summed E-state index contributed by atoms with van der Waals surface area (Å²) in [5.41, 5.74) is 0.854. The van der Waals surface area contributed by atoms with Gasteiger partial charge in [0, 0.05) is 34.4 Å². The summed E-state index contributed by atoms with van der Waals surface area (Å²) in [6.07, 6.45) is 11.5. The molecule has 4 nitrogen and oxygen atoms in total. The van der Waals surface area contributed by atoms with Crippen molar-refractivity contribution in [1.29, 1.82) is 0 Å². The van der Waals surface area contributed by atoms with Crippen molar-refractivity contribution in [2.45, 2.75) is 117 Å². The van der Waals surface area contributed by atoms with Crippen LogP contribution in [-0.4, -0.2) is 11.9 Å². The molecule has 3 aromatic carbocycles. The first-order valence-electron chi connectivity index (χ1n) is 14.7. The molecule has 206 valence electrons. The van der Waals surface area contributed by atoms with Crippen molar-refractivity contribution in [3.63, 3.8) is 0 Å². The fourth-order valence-corrected chi connectivity index (χ4v) is 5.06. The molecule has 0 aliphatic rings. The first-order chi connectivity index (χ1) is 18.3. The predicted octanol–water partition coefficient (Wildman–Crippen LogP) is 9.82. The van der Waals surface area contributed by atoms with E-state index in [0.717, 1.165) is 65.6 Å². The van der Waals surface area contributed by atoms with E-state index in [4.69, 9.17) is 9.47 Å². The number of ether oxygens (including phenoxy) is 2. The molecule has 3 aromatic rings. The smallest absolute Gasteiger partial charge is 0.311 e. The summed E-state index contributed by atoms with van der Waals surface area (Å²) in [6.45, 7) is 10.8. The Bertz CT molecular complexity index is 1220. The summed E-state index contributed by atoms with van der Waals surface area (Å²) < 4.78 is 12.3. The number of carbonyl (C=O) groups is 2. The van der Waals surface area contributed by atoms with E-state index in [1.807, 2.05) is 36.4 Å². The first-order valence-corrected chi connectivity index (χ1v) is 14.7. The van der Waals surface area contributed by atoms with Crippen LogP contribution in [0.1, 0.15) is 117 Å². The zero-order valence-electron chi connectivity index (χ0n) is 24.2. The van der Waals surface area contributed by atoms with Crippen LogP contribution in [0.25, 0.3) is 21.5 Å². The minimum absolute atomic E-state index is 0.205. The van der Waals surface area contributed by atoms with E-state index in [0.29, 0.717) is 24.3 Å². The van der Waals surface area contributed by atoms with E-state index in [9.17, 15) is 9.59 Å². The van der Waals surface area contributed by atoms with Gasteiger partial charge < -0.3 is 9.47 Å². The van der Waals surface area contributed by atoms with Gasteiger partial charge in [0.05, 0.1) is 0 Å². The minimum atomic E-state index is -0.217. The van der Waals surface area contributed by atoms with Crippen molar-refractivity contribution >= 4 is 33.5 Å². The molecule has 0 amide bonds. The van der Waals surface area contributed by atoms with Crippen molar-refractivity contribution in [1.82, 2.24) is 0 Å². The lowest BCUT2D eigenvalue weighted by Gasteiger charge is -2.25. The maximum absolute atomic E-state index is 13.0. The third kappa shape index (κ3) is 7.82. The van der Waals surface area contributed by atoms with E-state index >= 15 is 0 Å². The molecular weight excluding hydrogens is 472 g/mol. The van der Waals surface area contributed by atoms with Crippen molar-refractivity contribution < 1.29 is 19.1 Å². The van der Waals surface area contributed by atoms with Gasteiger partial charge in [0.1, 0.15) is 11.5 Å². The third-order valence-corrected chi connectivity index (χ3v) is 7.16. The van der Waals surface area contributed by atoms with Crippen molar-refractivity contribution in [3.05, 3.63) is 48.0 Å². The highest BCUT2D eigenvalue weighted by Crippen LogP contribution is 2.46. The molecule has 0 unspecified atom stereocenters. The second-order valence-corrected chi connectivity index (χ2v) is 11.5. The Morgan fingerprint density at radius 3 is 1.61 bits per heavy atom. The summed E-state index contributed by atoms with van der Waals surface area (Å²) in [5.74, 6) is 0.693. The number of carbonyl (C=O) groups excluding carboxylic acids is 2. The summed E-state index contributed by atoms with van der Waals surface area (Å²) in [5, 5.41) is 3.24. The van der Waals surface area contributed by atoms with E-state index in [-0.39, 0.29) is 17.4 Å². The maximum Gasteiger partial charge on any atom is 0.311 e. The zero-order chi connectivity index (χ0) is 27.5. The van der Waals surface area contributed by atoms with E-state index in [1.54, 1.807) is 0 Å². The second-order valence-electron chi connectivity index (χ2n) is 11.5. The zero-order valence-corrected chi connectivity index (χ0v) is 24.2. The van der Waals surface area contributed by atoms with E-state index < -0.39 is 0 Å². The highest BCUT2D eigenvalue weighted by atomic mass is 16.5. The summed E-state index contributed by atoms with van der Waals surface area (Å²) in [4.78, 5) is 26.0. The van der Waals surface area contributed by atoms with Crippen LogP contribution in [0.5, 0.6) is 11.5 Å². The number of benzene rings is 3. The second kappa shape index (κ2) is 14.3. The Morgan fingerprint density at radius 1 is 0.605 bits per heavy atom. The lowest BCUT2D eigenvalue weighted by atomic mass is 9.82. The van der Waals surface area contributed by atoms with E-state index in [2.05, 4.69) is 40.7 Å². The molecule has 4 heteroatoms. The van der Waals surface area contributed by atoms with Crippen molar-refractivity contribution in [3.8, 4) is 11.5 Å². The van der Waals surface area contributed by atoms with Gasteiger partial charge in [0.25, 0.3) is 0 Å². The number of esters is 2. The first kappa shape index (κ1) is 29.7. The normalized spacial score (nSPS) is 11.7. The van der Waals surface area contributed by atoms with Gasteiger partial charge in [0.15, 0.2) is 0 Å².